The highest BCUT2D eigenvalue weighted by Gasteiger charge is 2.16. The molecule has 19 heavy (non-hydrogen) atoms. The molecule has 1 aliphatic heterocycles. The molecule has 0 bridgehead atoms. The fraction of sp³-hybridized carbons (Fsp3) is 0.562. The van der Waals surface area contributed by atoms with Crippen LogP contribution in [-0.4, -0.2) is 37.0 Å². The lowest BCUT2D eigenvalue weighted by atomic mass is 10.1. The number of piperidine rings is 1. The molecular formula is C16H24N2O. The average molecular weight is 260 g/mol. The minimum atomic E-state index is 0.235. The summed E-state index contributed by atoms with van der Waals surface area (Å²) in [5.74, 6) is 0.235. The van der Waals surface area contributed by atoms with Crippen LogP contribution in [0, 0.1) is 0 Å². The van der Waals surface area contributed by atoms with Crippen LogP contribution in [-0.2, 0) is 4.79 Å². The van der Waals surface area contributed by atoms with Gasteiger partial charge < -0.3 is 9.80 Å². The highest BCUT2D eigenvalue weighted by molar-refractivity contribution is 5.93. The Morgan fingerprint density at radius 3 is 2.47 bits per heavy atom. The van der Waals surface area contributed by atoms with E-state index in [1.807, 2.05) is 42.2 Å². The van der Waals surface area contributed by atoms with Crippen molar-refractivity contribution in [1.82, 2.24) is 4.90 Å². The number of para-hydroxylation sites is 1. The summed E-state index contributed by atoms with van der Waals surface area (Å²) in [4.78, 5) is 16.6. The van der Waals surface area contributed by atoms with Crippen LogP contribution in [0.1, 0.15) is 32.6 Å². The maximum Gasteiger partial charge on any atom is 0.228 e. The Kier molecular flexibility index (Phi) is 5.40. The number of anilines is 1. The van der Waals surface area contributed by atoms with Crippen molar-refractivity contribution in [2.75, 3.05) is 31.1 Å². The van der Waals surface area contributed by atoms with Gasteiger partial charge in [0.15, 0.2) is 0 Å². The van der Waals surface area contributed by atoms with Gasteiger partial charge in [-0.15, -0.1) is 0 Å². The highest BCUT2D eigenvalue weighted by Crippen LogP contribution is 2.15. The van der Waals surface area contributed by atoms with Gasteiger partial charge in [0.25, 0.3) is 0 Å². The summed E-state index contributed by atoms with van der Waals surface area (Å²) in [5, 5.41) is 0. The number of carbonyl (C=O) groups excluding carboxylic acids is 1. The predicted octanol–water partition coefficient (Wildman–Crippen LogP) is 2.92. The van der Waals surface area contributed by atoms with Gasteiger partial charge in [-0.05, 0) is 45.0 Å². The normalized spacial score (nSPS) is 16.3. The van der Waals surface area contributed by atoms with Gasteiger partial charge in [-0.2, -0.15) is 0 Å². The number of hydrogen-bond donors (Lipinski definition) is 0. The molecule has 0 spiro atoms. The van der Waals surface area contributed by atoms with Crippen LogP contribution in [0.4, 0.5) is 5.69 Å². The van der Waals surface area contributed by atoms with Crippen molar-refractivity contribution in [3.05, 3.63) is 30.3 Å². The Bertz CT molecular complexity index is 385. The summed E-state index contributed by atoms with van der Waals surface area (Å²) in [6.07, 6.45) is 4.53. The fourth-order valence-corrected chi connectivity index (χ4v) is 2.68. The molecule has 0 atom stereocenters. The first kappa shape index (κ1) is 14.1. The van der Waals surface area contributed by atoms with Gasteiger partial charge >= 0.3 is 0 Å². The molecule has 104 valence electrons. The summed E-state index contributed by atoms with van der Waals surface area (Å²) in [7, 11) is 0. The monoisotopic (exact) mass is 260 g/mol. The third-order valence-corrected chi connectivity index (χ3v) is 3.78. The van der Waals surface area contributed by atoms with Crippen LogP contribution in [0.2, 0.25) is 0 Å². The summed E-state index contributed by atoms with van der Waals surface area (Å²) < 4.78 is 0. The van der Waals surface area contributed by atoms with Crippen LogP contribution in [0.3, 0.4) is 0 Å². The van der Waals surface area contributed by atoms with Gasteiger partial charge in [0, 0.05) is 25.2 Å². The van der Waals surface area contributed by atoms with E-state index in [0.29, 0.717) is 6.42 Å². The second-order valence-electron chi connectivity index (χ2n) is 5.13. The number of nitrogens with zero attached hydrogens (tertiary/aromatic N) is 2. The molecule has 0 aromatic heterocycles. The second-order valence-corrected chi connectivity index (χ2v) is 5.13. The van der Waals surface area contributed by atoms with E-state index in [-0.39, 0.29) is 5.91 Å². The zero-order valence-electron chi connectivity index (χ0n) is 11.8. The lowest BCUT2D eigenvalue weighted by Gasteiger charge is -2.27. The van der Waals surface area contributed by atoms with Crippen molar-refractivity contribution in [2.45, 2.75) is 32.6 Å². The van der Waals surface area contributed by atoms with Crippen LogP contribution >= 0.6 is 0 Å². The number of carbonyl (C=O) groups is 1. The number of rotatable bonds is 5. The molecule has 1 heterocycles. The first-order valence-electron chi connectivity index (χ1n) is 7.39. The number of likely N-dealkylation sites (tertiary alicyclic amines) is 1. The van der Waals surface area contributed by atoms with Gasteiger partial charge in [-0.1, -0.05) is 24.6 Å². The van der Waals surface area contributed by atoms with Gasteiger partial charge in [0.2, 0.25) is 5.91 Å². The van der Waals surface area contributed by atoms with Crippen molar-refractivity contribution in [3.8, 4) is 0 Å². The van der Waals surface area contributed by atoms with Gasteiger partial charge in [-0.25, -0.2) is 0 Å². The first-order chi connectivity index (χ1) is 9.31. The average Bonchev–Trinajstić information content (AvgIpc) is 2.48. The molecule has 3 heteroatoms. The van der Waals surface area contributed by atoms with E-state index in [9.17, 15) is 4.79 Å². The lowest BCUT2D eigenvalue weighted by Crippen LogP contribution is -2.36. The number of hydrogen-bond acceptors (Lipinski definition) is 2. The van der Waals surface area contributed by atoms with Crippen LogP contribution < -0.4 is 4.90 Å². The SMILES string of the molecule is CCN(C(=O)CCN1CCCCC1)c1ccccc1. The third-order valence-electron chi connectivity index (χ3n) is 3.78. The van der Waals surface area contributed by atoms with Crippen LogP contribution in [0.5, 0.6) is 0 Å². The summed E-state index contributed by atoms with van der Waals surface area (Å²) >= 11 is 0. The van der Waals surface area contributed by atoms with Crippen molar-refractivity contribution in [3.63, 3.8) is 0 Å². The van der Waals surface area contributed by atoms with Crippen LogP contribution in [0.25, 0.3) is 0 Å². The van der Waals surface area contributed by atoms with E-state index >= 15 is 0 Å². The molecule has 0 unspecified atom stereocenters. The smallest absolute Gasteiger partial charge is 0.228 e. The molecule has 0 aliphatic carbocycles. The van der Waals surface area contributed by atoms with Gasteiger partial charge in [-0.3, -0.25) is 4.79 Å². The summed E-state index contributed by atoms with van der Waals surface area (Å²) in [5.41, 5.74) is 1.01. The second kappa shape index (κ2) is 7.29. The van der Waals surface area contributed by atoms with Gasteiger partial charge in [0.1, 0.15) is 0 Å². The van der Waals surface area contributed by atoms with E-state index in [0.717, 1.165) is 31.9 Å². The number of amides is 1. The zero-order chi connectivity index (χ0) is 13.5. The molecule has 1 aliphatic rings. The Morgan fingerprint density at radius 2 is 1.84 bits per heavy atom. The highest BCUT2D eigenvalue weighted by atomic mass is 16.2. The maximum atomic E-state index is 12.3. The Hall–Kier alpha value is -1.35. The molecule has 1 aromatic rings. The van der Waals surface area contributed by atoms with E-state index in [1.165, 1.54) is 19.3 Å². The van der Waals surface area contributed by atoms with E-state index in [4.69, 9.17) is 0 Å². The number of benzene rings is 1. The molecule has 3 nitrogen and oxygen atoms in total. The Labute approximate surface area is 116 Å². The molecular weight excluding hydrogens is 236 g/mol. The minimum absolute atomic E-state index is 0.235. The topological polar surface area (TPSA) is 23.6 Å². The Morgan fingerprint density at radius 1 is 1.16 bits per heavy atom. The Balaban J connectivity index is 1.86. The van der Waals surface area contributed by atoms with Crippen molar-refractivity contribution < 1.29 is 4.79 Å². The van der Waals surface area contributed by atoms with Crippen molar-refractivity contribution >= 4 is 11.6 Å². The molecule has 0 radical (unpaired) electrons. The third kappa shape index (κ3) is 4.06. The molecule has 1 fully saturated rings. The minimum Gasteiger partial charge on any atom is -0.313 e. The molecule has 1 saturated heterocycles. The zero-order valence-corrected chi connectivity index (χ0v) is 11.8. The van der Waals surface area contributed by atoms with E-state index < -0.39 is 0 Å². The molecule has 1 aromatic carbocycles. The van der Waals surface area contributed by atoms with Crippen LogP contribution in [0.15, 0.2) is 30.3 Å². The quantitative estimate of drug-likeness (QED) is 0.812. The van der Waals surface area contributed by atoms with Crippen molar-refractivity contribution in [1.29, 1.82) is 0 Å². The molecule has 2 rings (SSSR count). The molecule has 0 saturated carbocycles. The first-order valence-corrected chi connectivity index (χ1v) is 7.39. The lowest BCUT2D eigenvalue weighted by molar-refractivity contribution is -0.118. The standard InChI is InChI=1S/C16H24N2O/c1-2-18(15-9-5-3-6-10-15)16(19)11-14-17-12-7-4-8-13-17/h3,5-6,9-10H,2,4,7-8,11-14H2,1H3. The fourth-order valence-electron chi connectivity index (χ4n) is 2.68. The maximum absolute atomic E-state index is 12.3. The largest absolute Gasteiger partial charge is 0.313 e. The van der Waals surface area contributed by atoms with Crippen molar-refractivity contribution in [2.24, 2.45) is 0 Å². The molecule has 0 N–H and O–H groups in total. The molecule has 1 amide bonds. The van der Waals surface area contributed by atoms with E-state index in [2.05, 4.69) is 4.90 Å². The predicted molar refractivity (Wildman–Crippen MR) is 79.4 cm³/mol. The summed E-state index contributed by atoms with van der Waals surface area (Å²) in [6, 6.07) is 9.95. The van der Waals surface area contributed by atoms with Gasteiger partial charge in [0.05, 0.1) is 0 Å². The van der Waals surface area contributed by atoms with E-state index in [1.54, 1.807) is 0 Å². The summed E-state index contributed by atoms with van der Waals surface area (Å²) in [6.45, 7) is 5.99.